The molecule has 0 saturated carbocycles. The van der Waals surface area contributed by atoms with Crippen LogP contribution in [0.2, 0.25) is 5.02 Å². The summed E-state index contributed by atoms with van der Waals surface area (Å²) in [5, 5.41) is 6.47. The number of hydrogen-bond donors (Lipinski definition) is 2. The minimum atomic E-state index is -3.55. The van der Waals surface area contributed by atoms with Gasteiger partial charge in [0.15, 0.2) is 0 Å². The van der Waals surface area contributed by atoms with Crippen LogP contribution in [0.15, 0.2) is 41.3 Å². The predicted molar refractivity (Wildman–Crippen MR) is 117 cm³/mol. The van der Waals surface area contributed by atoms with E-state index >= 15 is 0 Å². The molecule has 3 rings (SSSR count). The van der Waals surface area contributed by atoms with Crippen molar-refractivity contribution in [3.8, 4) is 0 Å². The first-order valence-electron chi connectivity index (χ1n) is 9.68. The van der Waals surface area contributed by atoms with Gasteiger partial charge in [0.05, 0.1) is 11.4 Å². The number of piperidine rings is 1. The maximum absolute atomic E-state index is 12.9. The maximum atomic E-state index is 12.9. The summed E-state index contributed by atoms with van der Waals surface area (Å²) in [6.07, 6.45) is 2.81. The Morgan fingerprint density at radius 3 is 2.38 bits per heavy atom. The van der Waals surface area contributed by atoms with Crippen molar-refractivity contribution in [2.45, 2.75) is 38.0 Å². The van der Waals surface area contributed by atoms with E-state index in [1.54, 1.807) is 30.3 Å². The summed E-state index contributed by atoms with van der Waals surface area (Å²) in [6.45, 7) is 4.89. The van der Waals surface area contributed by atoms with Gasteiger partial charge in [0.2, 0.25) is 15.9 Å². The molecule has 1 saturated heterocycles. The highest BCUT2D eigenvalue weighted by atomic mass is 35.5. The molecule has 1 aliphatic heterocycles. The van der Waals surface area contributed by atoms with Crippen LogP contribution in [0.3, 0.4) is 0 Å². The Kier molecular flexibility index (Phi) is 6.82. The van der Waals surface area contributed by atoms with Gasteiger partial charge >= 0.3 is 0 Å². The third-order valence-corrected chi connectivity index (χ3v) is 7.20. The lowest BCUT2D eigenvalue weighted by atomic mass is 10.2. The summed E-state index contributed by atoms with van der Waals surface area (Å²) >= 11 is 6.01. The van der Waals surface area contributed by atoms with E-state index in [0.29, 0.717) is 23.8 Å². The fraction of sp³-hybridized carbons (Fsp3) is 0.381. The van der Waals surface area contributed by atoms with Crippen molar-refractivity contribution in [1.82, 2.24) is 4.31 Å². The number of nitrogens with zero attached hydrogens (tertiary/aromatic N) is 1. The highest BCUT2D eigenvalue weighted by Gasteiger charge is 2.26. The van der Waals surface area contributed by atoms with Crippen molar-refractivity contribution in [2.24, 2.45) is 0 Å². The lowest BCUT2D eigenvalue weighted by molar-refractivity contribution is -0.114. The van der Waals surface area contributed by atoms with Crippen LogP contribution in [0.5, 0.6) is 0 Å². The quantitative estimate of drug-likeness (QED) is 0.713. The fourth-order valence-corrected chi connectivity index (χ4v) is 5.02. The zero-order valence-corrected chi connectivity index (χ0v) is 18.2. The second-order valence-corrected chi connectivity index (χ2v) is 9.68. The van der Waals surface area contributed by atoms with Crippen molar-refractivity contribution >= 4 is 38.9 Å². The van der Waals surface area contributed by atoms with E-state index in [0.717, 1.165) is 36.1 Å². The second kappa shape index (κ2) is 9.15. The summed E-state index contributed by atoms with van der Waals surface area (Å²) in [5.74, 6) is -0.264. The van der Waals surface area contributed by atoms with Gasteiger partial charge in [-0.15, -0.1) is 0 Å². The monoisotopic (exact) mass is 435 g/mol. The lowest BCUT2D eigenvalue weighted by Crippen LogP contribution is -2.35. The van der Waals surface area contributed by atoms with Crippen LogP contribution in [-0.2, 0) is 14.8 Å². The van der Waals surface area contributed by atoms with Gasteiger partial charge in [-0.25, -0.2) is 8.42 Å². The molecule has 0 radical (unpaired) electrons. The summed E-state index contributed by atoms with van der Waals surface area (Å²) in [4.78, 5) is 12.6. The van der Waals surface area contributed by atoms with E-state index in [1.807, 2.05) is 19.9 Å². The van der Waals surface area contributed by atoms with Crippen molar-refractivity contribution in [2.75, 3.05) is 30.3 Å². The molecule has 2 aromatic rings. The minimum absolute atomic E-state index is 0.0454. The molecule has 6 nitrogen and oxygen atoms in total. The Hall–Kier alpha value is -2.09. The number of anilines is 2. The Balaban J connectivity index is 1.71. The first-order chi connectivity index (χ1) is 13.8. The summed E-state index contributed by atoms with van der Waals surface area (Å²) in [7, 11) is -3.55. The van der Waals surface area contributed by atoms with Gasteiger partial charge in [-0.3, -0.25) is 4.79 Å². The highest BCUT2D eigenvalue weighted by Crippen LogP contribution is 2.25. The van der Waals surface area contributed by atoms with Crippen molar-refractivity contribution in [3.63, 3.8) is 0 Å². The topological polar surface area (TPSA) is 78.5 Å². The molecule has 29 heavy (non-hydrogen) atoms. The van der Waals surface area contributed by atoms with Crippen LogP contribution in [0.25, 0.3) is 0 Å². The number of sulfonamides is 1. The number of carbonyl (C=O) groups is 1. The molecule has 0 atom stereocenters. The summed E-state index contributed by atoms with van der Waals surface area (Å²) in [6, 6.07) is 10.3. The zero-order chi connectivity index (χ0) is 21.0. The van der Waals surface area contributed by atoms with E-state index in [9.17, 15) is 13.2 Å². The van der Waals surface area contributed by atoms with Gasteiger partial charge in [0.1, 0.15) is 0 Å². The van der Waals surface area contributed by atoms with Gasteiger partial charge in [-0.1, -0.05) is 30.2 Å². The number of aryl methyl sites for hydroxylation is 2. The molecule has 2 N–H and O–H groups in total. The molecule has 0 unspecified atom stereocenters. The van der Waals surface area contributed by atoms with E-state index < -0.39 is 10.0 Å². The minimum Gasteiger partial charge on any atom is -0.376 e. The molecule has 2 aromatic carbocycles. The fourth-order valence-electron chi connectivity index (χ4n) is 3.31. The average Bonchev–Trinajstić information content (AvgIpc) is 2.71. The largest absolute Gasteiger partial charge is 0.376 e. The maximum Gasteiger partial charge on any atom is 0.243 e. The molecule has 156 valence electrons. The first-order valence-corrected chi connectivity index (χ1v) is 11.5. The van der Waals surface area contributed by atoms with E-state index in [-0.39, 0.29) is 17.3 Å². The zero-order valence-electron chi connectivity index (χ0n) is 16.7. The molecule has 0 aliphatic carbocycles. The van der Waals surface area contributed by atoms with Crippen LogP contribution in [0.4, 0.5) is 11.4 Å². The number of benzene rings is 2. The smallest absolute Gasteiger partial charge is 0.243 e. The molecular weight excluding hydrogens is 410 g/mol. The summed E-state index contributed by atoms with van der Waals surface area (Å²) < 4.78 is 27.3. The van der Waals surface area contributed by atoms with Crippen molar-refractivity contribution in [1.29, 1.82) is 0 Å². The number of rotatable bonds is 6. The predicted octanol–water partition coefficient (Wildman–Crippen LogP) is 4.18. The number of halogens is 1. The number of amides is 1. The van der Waals surface area contributed by atoms with E-state index in [1.165, 1.54) is 4.31 Å². The Bertz CT molecular complexity index is 1000. The molecule has 1 aliphatic rings. The third-order valence-electron chi connectivity index (χ3n) is 5.07. The number of carbonyl (C=O) groups excluding carboxylic acids is 1. The molecule has 0 bridgehead atoms. The van der Waals surface area contributed by atoms with E-state index in [4.69, 9.17) is 11.6 Å². The van der Waals surface area contributed by atoms with Crippen molar-refractivity contribution in [3.05, 3.63) is 52.5 Å². The van der Waals surface area contributed by atoms with Crippen LogP contribution in [-0.4, -0.2) is 38.3 Å². The second-order valence-electron chi connectivity index (χ2n) is 7.30. The molecular formula is C21H26ClN3O3S. The van der Waals surface area contributed by atoms with Gasteiger partial charge in [-0.2, -0.15) is 4.31 Å². The van der Waals surface area contributed by atoms with Gasteiger partial charge in [0.25, 0.3) is 0 Å². The average molecular weight is 436 g/mol. The SMILES string of the molecule is Cc1ccc(Cl)cc1NCC(=O)Nc1cc(S(=O)(=O)N2CCCCC2)ccc1C. The van der Waals surface area contributed by atoms with Gasteiger partial charge < -0.3 is 10.6 Å². The standard InChI is InChI=1S/C21H26ClN3O3S/c1-15-6-8-17(22)12-19(15)23-14-21(26)24-20-13-18(9-7-16(20)2)29(27,28)25-10-4-3-5-11-25/h6-9,12-13,23H,3-5,10-11,14H2,1-2H3,(H,24,26). The van der Waals surface area contributed by atoms with E-state index in [2.05, 4.69) is 10.6 Å². The van der Waals surface area contributed by atoms with Crippen LogP contribution < -0.4 is 10.6 Å². The van der Waals surface area contributed by atoms with Crippen LogP contribution in [0, 0.1) is 13.8 Å². The normalized spacial score (nSPS) is 15.1. The van der Waals surface area contributed by atoms with Gasteiger partial charge in [-0.05, 0) is 62.1 Å². The highest BCUT2D eigenvalue weighted by molar-refractivity contribution is 7.89. The Morgan fingerprint density at radius 1 is 1.00 bits per heavy atom. The Labute approximate surface area is 177 Å². The first kappa shape index (κ1) is 21.6. The van der Waals surface area contributed by atoms with Crippen LogP contribution in [0.1, 0.15) is 30.4 Å². The molecule has 1 amide bonds. The van der Waals surface area contributed by atoms with Gasteiger partial charge in [0, 0.05) is 29.5 Å². The molecule has 1 heterocycles. The number of hydrogen-bond acceptors (Lipinski definition) is 4. The molecule has 0 spiro atoms. The third kappa shape index (κ3) is 5.29. The summed E-state index contributed by atoms with van der Waals surface area (Å²) in [5.41, 5.74) is 3.06. The Morgan fingerprint density at radius 2 is 1.66 bits per heavy atom. The number of nitrogens with one attached hydrogen (secondary N) is 2. The van der Waals surface area contributed by atoms with Crippen LogP contribution >= 0.6 is 11.6 Å². The molecule has 1 fully saturated rings. The molecule has 0 aromatic heterocycles. The molecule has 8 heteroatoms. The lowest BCUT2D eigenvalue weighted by Gasteiger charge is -2.26. The van der Waals surface area contributed by atoms with Crippen molar-refractivity contribution < 1.29 is 13.2 Å².